The molecule has 0 unspecified atom stereocenters. The predicted octanol–water partition coefficient (Wildman–Crippen LogP) is 18.9. The first-order valence-electron chi connectivity index (χ1n) is 28.0. The summed E-state index contributed by atoms with van der Waals surface area (Å²) in [4.78, 5) is 5.81. The summed E-state index contributed by atoms with van der Waals surface area (Å²) >= 11 is 0. The molecule has 0 saturated heterocycles. The Morgan fingerprint density at radius 1 is 0.365 bits per heavy atom. The van der Waals surface area contributed by atoms with Gasteiger partial charge in [0.2, 0.25) is 9.84 Å². The maximum absolute atomic E-state index is 14.3. The minimum absolute atomic E-state index is 0.0608. The van der Waals surface area contributed by atoms with E-state index in [0.29, 0.717) is 0 Å². The van der Waals surface area contributed by atoms with Gasteiger partial charge in [-0.2, -0.15) is 16.2 Å². The Balaban J connectivity index is 0.956. The fourth-order valence-corrected chi connectivity index (χ4v) is 17.3. The van der Waals surface area contributed by atoms with Gasteiger partial charge in [-0.1, -0.05) is 109 Å². The van der Waals surface area contributed by atoms with Crippen LogP contribution in [0.3, 0.4) is 0 Å². The second-order valence-corrected chi connectivity index (χ2v) is 25.6. The number of aromatic nitrogens is 3. The summed E-state index contributed by atoms with van der Waals surface area (Å²) in [6.45, 7) is 0. The molecule has 15 aromatic rings. The molecule has 6 heterocycles. The van der Waals surface area contributed by atoms with E-state index in [2.05, 4.69) is 182 Å². The molecule has 10 nitrogen and oxygen atoms in total. The van der Waals surface area contributed by atoms with Crippen molar-refractivity contribution in [3.8, 4) is 57.6 Å². The molecule has 0 saturated carbocycles. The first-order chi connectivity index (χ1) is 41.9. The third-order valence-corrected chi connectivity index (χ3v) is 21.3. The Morgan fingerprint density at radius 3 is 1.28 bits per heavy atom. The van der Waals surface area contributed by atoms with Crippen LogP contribution in [0.25, 0.3) is 82.5 Å². The molecule has 402 valence electrons. The summed E-state index contributed by atoms with van der Waals surface area (Å²) in [6.07, 6.45) is 0. The number of benzene rings is 12. The minimum atomic E-state index is -3.99. The standard InChI is InChI=1S/C73H43N5O5S2/c74-43-44-16-15-17-50(40-44)85(79,80)49-38-36-47(37-39-49)77-55-22-5-2-19-52(55)68-71(77)67-51-18-1-4-21-54(51)76(46-34-32-45(33-35-46)75-57-24-7-9-26-59(57)81-60-27-10-8-25-58(60)75)70(67)69-53-20-3-6-23-56(53)78(72(68)69)48-41-63-73-64(42-48)83-62-29-12-14-31-66(62)84(73)65-30-13-11-28-61(65)82-63/h1-42,84H. The van der Waals surface area contributed by atoms with Crippen molar-refractivity contribution >= 4 is 103 Å². The highest BCUT2D eigenvalue weighted by molar-refractivity contribution is 8.17. The highest BCUT2D eigenvalue weighted by Crippen LogP contribution is 2.69. The number of nitriles is 1. The zero-order chi connectivity index (χ0) is 56.2. The summed E-state index contributed by atoms with van der Waals surface area (Å²) in [5.74, 6) is 4.75. The number of hydrogen-bond donors (Lipinski definition) is 1. The fraction of sp³-hybridized carbons (Fsp3) is 0. The van der Waals surface area contributed by atoms with Gasteiger partial charge in [0.25, 0.3) is 0 Å². The van der Waals surface area contributed by atoms with Gasteiger partial charge in [0.05, 0.1) is 76.5 Å². The zero-order valence-corrected chi connectivity index (χ0v) is 46.6. The number of nitrogens with zero attached hydrogens (tertiary/aromatic N) is 5. The molecule has 0 bridgehead atoms. The summed E-state index contributed by atoms with van der Waals surface area (Å²) in [5.41, 5.74) is 11.7. The highest BCUT2D eigenvalue weighted by atomic mass is 32.2. The predicted molar refractivity (Wildman–Crippen MR) is 338 cm³/mol. The van der Waals surface area contributed by atoms with E-state index in [0.717, 1.165) is 149 Å². The van der Waals surface area contributed by atoms with Gasteiger partial charge >= 0.3 is 0 Å². The van der Waals surface area contributed by atoms with Crippen molar-refractivity contribution in [1.29, 1.82) is 5.26 Å². The normalized spacial score (nSPS) is 13.4. The summed E-state index contributed by atoms with van der Waals surface area (Å²) in [7, 11) is -5.01. The van der Waals surface area contributed by atoms with Gasteiger partial charge in [0, 0.05) is 71.3 Å². The molecule has 0 N–H and O–H groups in total. The van der Waals surface area contributed by atoms with Crippen molar-refractivity contribution in [2.45, 2.75) is 24.5 Å². The molecular formula is C73H43N5O5S2. The molecule has 12 heteroatoms. The lowest BCUT2D eigenvalue weighted by Gasteiger charge is -2.37. The lowest BCUT2D eigenvalue weighted by molar-refractivity contribution is 0.416. The van der Waals surface area contributed by atoms with E-state index in [1.54, 1.807) is 24.3 Å². The lowest BCUT2D eigenvalue weighted by Crippen LogP contribution is -2.15. The molecule has 3 aliphatic rings. The molecule has 3 aliphatic heterocycles. The van der Waals surface area contributed by atoms with E-state index in [1.807, 2.05) is 60.7 Å². The quantitative estimate of drug-likeness (QED) is 0.165. The molecule has 12 aromatic carbocycles. The smallest absolute Gasteiger partial charge is 0.206 e. The minimum Gasteiger partial charge on any atom is -0.455 e. The SMILES string of the molecule is N#Cc1cccc(S(=O)(=O)c2ccc(-n3c4ccccc4c4c3c3c5ccccc5n(-c5ccc(N6c7ccccc7Oc7ccccc76)cc5)c3c3c5ccccc5n(-c5cc6c7c(c5)Oc5ccccc5[SH]7c5ccccc5O6)c34)cc2)c1. The van der Waals surface area contributed by atoms with Crippen LogP contribution >= 0.6 is 10.9 Å². The maximum Gasteiger partial charge on any atom is 0.206 e. The topological polar surface area (TPSA) is 104 Å². The number of ether oxygens (including phenoxy) is 3. The van der Waals surface area contributed by atoms with Crippen molar-refractivity contribution in [2.75, 3.05) is 4.90 Å². The molecule has 0 atom stereocenters. The summed E-state index contributed by atoms with van der Waals surface area (Å²) in [6, 6.07) is 87.5. The van der Waals surface area contributed by atoms with Crippen LogP contribution in [0.15, 0.2) is 279 Å². The molecule has 0 amide bonds. The Kier molecular flexibility index (Phi) is 9.96. The van der Waals surface area contributed by atoms with Crippen LogP contribution in [-0.2, 0) is 9.84 Å². The van der Waals surface area contributed by atoms with E-state index >= 15 is 0 Å². The van der Waals surface area contributed by atoms with E-state index in [-0.39, 0.29) is 15.4 Å². The number of fused-ring (bicyclic) bond motifs is 18. The third-order valence-electron chi connectivity index (χ3n) is 17.0. The first-order valence-corrected chi connectivity index (χ1v) is 30.8. The van der Waals surface area contributed by atoms with Gasteiger partial charge in [0.15, 0.2) is 11.5 Å². The van der Waals surface area contributed by atoms with Crippen LogP contribution in [0.2, 0.25) is 0 Å². The van der Waals surface area contributed by atoms with E-state index in [4.69, 9.17) is 14.2 Å². The average molecular weight is 1130 g/mol. The first kappa shape index (κ1) is 47.6. The molecule has 0 aliphatic carbocycles. The molecule has 0 radical (unpaired) electrons. The van der Waals surface area contributed by atoms with Gasteiger partial charge in [-0.25, -0.2) is 8.42 Å². The number of thiol groups is 1. The van der Waals surface area contributed by atoms with Crippen molar-refractivity contribution in [1.82, 2.24) is 13.7 Å². The molecule has 18 rings (SSSR count). The lowest BCUT2D eigenvalue weighted by atomic mass is 10.0. The highest BCUT2D eigenvalue weighted by Gasteiger charge is 2.37. The summed E-state index contributed by atoms with van der Waals surface area (Å²) < 4.78 is 56.3. The molecular weight excluding hydrogens is 1090 g/mol. The number of hydrogen-bond acceptors (Lipinski definition) is 7. The van der Waals surface area contributed by atoms with Crippen molar-refractivity contribution in [2.24, 2.45) is 0 Å². The van der Waals surface area contributed by atoms with Crippen LogP contribution < -0.4 is 19.1 Å². The maximum atomic E-state index is 14.3. The van der Waals surface area contributed by atoms with E-state index < -0.39 is 20.7 Å². The second kappa shape index (κ2) is 17.8. The van der Waals surface area contributed by atoms with Gasteiger partial charge in [-0.3, -0.25) is 0 Å². The molecule has 0 spiro atoms. The van der Waals surface area contributed by atoms with E-state index in [9.17, 15) is 13.7 Å². The van der Waals surface area contributed by atoms with Gasteiger partial charge < -0.3 is 32.8 Å². The third kappa shape index (κ3) is 6.73. The van der Waals surface area contributed by atoms with Gasteiger partial charge in [-0.15, -0.1) is 0 Å². The van der Waals surface area contributed by atoms with Crippen LogP contribution in [-0.4, -0.2) is 22.1 Å². The Bertz CT molecular complexity index is 5470. The van der Waals surface area contributed by atoms with Crippen LogP contribution in [0.4, 0.5) is 17.1 Å². The fourth-order valence-electron chi connectivity index (χ4n) is 13.5. The zero-order valence-electron chi connectivity index (χ0n) is 44.9. The van der Waals surface area contributed by atoms with Gasteiger partial charge in [0.1, 0.15) is 23.0 Å². The number of anilines is 3. The van der Waals surface area contributed by atoms with Crippen LogP contribution in [0.5, 0.6) is 34.5 Å². The molecule has 0 fully saturated rings. The Labute approximate surface area is 489 Å². The largest absolute Gasteiger partial charge is 0.455 e. The van der Waals surface area contributed by atoms with Crippen molar-refractivity contribution < 1.29 is 22.6 Å². The number of rotatable bonds is 6. The van der Waals surface area contributed by atoms with Crippen molar-refractivity contribution in [3.05, 3.63) is 260 Å². The second-order valence-electron chi connectivity index (χ2n) is 21.5. The van der Waals surface area contributed by atoms with Crippen LogP contribution in [0.1, 0.15) is 5.56 Å². The molecule has 85 heavy (non-hydrogen) atoms. The number of sulfone groups is 1. The number of para-hydroxylation sites is 9. The van der Waals surface area contributed by atoms with Crippen LogP contribution in [0, 0.1) is 11.3 Å². The Hall–Kier alpha value is -11.0. The van der Waals surface area contributed by atoms with E-state index in [1.165, 1.54) is 12.1 Å². The monoisotopic (exact) mass is 1130 g/mol. The molecule has 3 aromatic heterocycles. The average Bonchev–Trinajstić information content (AvgIpc) is 1.55. The summed E-state index contributed by atoms with van der Waals surface area (Å²) in [5, 5.41) is 16.0. The Morgan fingerprint density at radius 2 is 0.776 bits per heavy atom. The van der Waals surface area contributed by atoms with Crippen molar-refractivity contribution in [3.63, 3.8) is 0 Å². The van der Waals surface area contributed by atoms with Gasteiger partial charge in [-0.05, 0) is 133 Å².